The zero-order valence-corrected chi connectivity index (χ0v) is 66.5. The predicted molar refractivity (Wildman–Crippen MR) is 460 cm³/mol. The molecule has 16 rings (SSSR count). The van der Waals surface area contributed by atoms with E-state index in [9.17, 15) is 43.8 Å². The Balaban J connectivity index is 0.000000134. The van der Waals surface area contributed by atoms with E-state index in [1.54, 1.807) is 42.7 Å². The average molecular weight is 1560 g/mol. The standard InChI is InChI=1S/C20H16F3NO2.C20H17NO3.C20H19NO3.C19H23NO.C18H16N2O/c1-12-11-13(2)19(25)18-17(12)10-7-15(24-18)6-3-14-4-8-16(9-5-14)26-20(21,22)23;1-12-9-13(2)20(22)19-16(12)7-6-15(21-19)5-3-14-4-8-17-18(10-14)24-11-23-17;1-12-10-13(2)20(23)19-16(12)8-7-15(21-19)6-4-14-5-9-17(22)18(11-14)24-3;1-13-12-14(2)19(21)18-17(13)11-10-16(20-18)9-8-15-6-4-3-5-7-15;1-12-10-13(2)18(21)17-16(12)8-7-15(20-17)6-5-14-4-3-9-19-11-14/h3-11,25H,1-2H3;3-10,22H,11H2,1-2H3;4-11,22-23H,1-3H3;8-12,15,21H,3-7H2,1-2H3;3-11,21H,1-2H3/b6-3+;5-3+;6-4+;9-8+;6-5+. The van der Waals surface area contributed by atoms with Crippen LogP contribution in [0.1, 0.15) is 138 Å². The lowest BCUT2D eigenvalue weighted by atomic mass is 9.89. The number of hydrogen-bond acceptors (Lipinski definition) is 16. The number of rotatable bonds is 12. The van der Waals surface area contributed by atoms with Gasteiger partial charge in [-0.2, -0.15) is 0 Å². The molecule has 1 fully saturated rings. The Morgan fingerprint density at radius 3 is 1.12 bits per heavy atom. The monoisotopic (exact) mass is 1560 g/mol. The number of phenols is 6. The van der Waals surface area contributed by atoms with Crippen LogP contribution >= 0.6 is 0 Å². The second-order valence-corrected chi connectivity index (χ2v) is 29.0. The molecule has 6 aromatic heterocycles. The second kappa shape index (κ2) is 36.5. The van der Waals surface area contributed by atoms with Gasteiger partial charge >= 0.3 is 6.36 Å². The zero-order valence-electron chi connectivity index (χ0n) is 66.5. The Bertz CT molecular complexity index is 6020. The highest BCUT2D eigenvalue weighted by molar-refractivity contribution is 5.94. The fraction of sp³-hybridized carbons (Fsp3) is 0.196. The van der Waals surface area contributed by atoms with E-state index in [0.717, 1.165) is 139 Å². The third-order valence-electron chi connectivity index (χ3n) is 20.2. The molecule has 0 radical (unpaired) electrons. The molecular formula is C97H91F3N6O10. The smallest absolute Gasteiger partial charge is 0.505 e. The molecule has 1 saturated carbocycles. The van der Waals surface area contributed by atoms with Crippen molar-refractivity contribution in [2.75, 3.05) is 13.9 Å². The molecule has 8 aromatic carbocycles. The summed E-state index contributed by atoms with van der Waals surface area (Å²) in [5, 5.41) is 65.6. The molecule has 1 aliphatic carbocycles. The number of aromatic nitrogens is 6. The van der Waals surface area contributed by atoms with Gasteiger partial charge in [0, 0.05) is 39.3 Å². The number of benzene rings is 8. The van der Waals surface area contributed by atoms with E-state index in [2.05, 4.69) is 59.8 Å². The maximum Gasteiger partial charge on any atom is 0.573 e. The zero-order chi connectivity index (χ0) is 82.5. The van der Waals surface area contributed by atoms with E-state index in [4.69, 9.17) is 14.2 Å². The quantitative estimate of drug-likeness (QED) is 0.0667. The number of phenolic OH excluding ortho intramolecular Hbond substituents is 6. The lowest BCUT2D eigenvalue weighted by molar-refractivity contribution is -0.274. The SMILES string of the molecule is COc1cc(/C=C/c2ccc3c(C)cc(C)c(O)c3n2)ccc1O.Cc1cc(C)c2ccc(/C=C/C3CCCCC3)nc2c1O.Cc1cc(C)c2ccc(/C=C/c3ccc(OC(F)(F)F)cc3)nc2c1O.Cc1cc(C)c2ccc(/C=C/c3ccc4c(c3)OCO4)nc2c1O.Cc1cc(C)c2ccc(/C=C/c3cccnc3)nc2c1O. The van der Waals surface area contributed by atoms with Crippen LogP contribution in [0.4, 0.5) is 13.2 Å². The number of hydrogen-bond donors (Lipinski definition) is 6. The number of allylic oxidation sites excluding steroid dienone is 1. The van der Waals surface area contributed by atoms with E-state index in [1.165, 1.54) is 63.5 Å². The van der Waals surface area contributed by atoms with E-state index in [1.807, 2.05) is 214 Å². The molecule has 0 amide bonds. The Hall–Kier alpha value is -13.6. The minimum Gasteiger partial charge on any atom is -0.505 e. The Morgan fingerprint density at radius 2 is 0.733 bits per heavy atom. The van der Waals surface area contributed by atoms with Gasteiger partial charge < -0.3 is 49.6 Å². The van der Waals surface area contributed by atoms with Crippen molar-refractivity contribution < 1.29 is 62.8 Å². The minimum atomic E-state index is -4.70. The lowest BCUT2D eigenvalue weighted by Crippen LogP contribution is -2.16. The van der Waals surface area contributed by atoms with Crippen LogP contribution in [0, 0.1) is 75.2 Å². The van der Waals surface area contributed by atoms with Gasteiger partial charge in [-0.25, -0.2) is 24.9 Å². The van der Waals surface area contributed by atoms with Crippen LogP contribution in [-0.2, 0) is 0 Å². The van der Waals surface area contributed by atoms with Gasteiger partial charge in [-0.15, -0.1) is 13.2 Å². The molecule has 6 N–H and O–H groups in total. The van der Waals surface area contributed by atoms with Crippen molar-refractivity contribution in [2.45, 2.75) is 108 Å². The molecule has 0 bridgehead atoms. The van der Waals surface area contributed by atoms with Crippen molar-refractivity contribution in [3.05, 3.63) is 289 Å². The molecule has 7 heterocycles. The summed E-state index contributed by atoms with van der Waals surface area (Å²) in [6.45, 7) is 19.7. The molecular weight excluding hydrogens is 1470 g/mol. The Morgan fingerprint density at radius 1 is 0.371 bits per heavy atom. The summed E-state index contributed by atoms with van der Waals surface area (Å²) in [5.41, 5.74) is 20.3. The van der Waals surface area contributed by atoms with Gasteiger partial charge in [-0.1, -0.05) is 141 Å². The summed E-state index contributed by atoms with van der Waals surface area (Å²) in [6.07, 6.45) is 24.9. The molecule has 1 aliphatic heterocycles. The van der Waals surface area contributed by atoms with Crippen LogP contribution in [0.2, 0.25) is 0 Å². The summed E-state index contributed by atoms with van der Waals surface area (Å²) in [6, 6.07) is 49.8. The highest BCUT2D eigenvalue weighted by atomic mass is 19.4. The van der Waals surface area contributed by atoms with Crippen LogP contribution in [0.15, 0.2) is 182 Å². The number of halogens is 3. The first-order chi connectivity index (χ1) is 55.6. The van der Waals surface area contributed by atoms with E-state index >= 15 is 0 Å². The molecule has 590 valence electrons. The lowest BCUT2D eigenvalue weighted by Gasteiger charge is -2.17. The summed E-state index contributed by atoms with van der Waals surface area (Å²) in [4.78, 5) is 26.9. The van der Waals surface area contributed by atoms with E-state index < -0.39 is 6.36 Å². The summed E-state index contributed by atoms with van der Waals surface area (Å²) < 4.78 is 56.1. The van der Waals surface area contributed by atoms with Crippen LogP contribution in [0.3, 0.4) is 0 Å². The van der Waals surface area contributed by atoms with Gasteiger partial charge in [-0.05, 0) is 269 Å². The van der Waals surface area contributed by atoms with Crippen molar-refractivity contribution in [2.24, 2.45) is 5.92 Å². The first-order valence-electron chi connectivity index (χ1n) is 38.1. The molecule has 0 spiro atoms. The number of aryl methyl sites for hydroxylation is 10. The average Bonchev–Trinajstić information content (AvgIpc) is 0.855. The number of aromatic hydroxyl groups is 6. The van der Waals surface area contributed by atoms with E-state index in [-0.39, 0.29) is 41.3 Å². The first-order valence-corrected chi connectivity index (χ1v) is 38.1. The summed E-state index contributed by atoms with van der Waals surface area (Å²) in [7, 11) is 1.51. The molecule has 2 aliphatic rings. The van der Waals surface area contributed by atoms with Crippen LogP contribution < -0.4 is 18.9 Å². The fourth-order valence-corrected chi connectivity index (χ4v) is 14.0. The normalized spacial score (nSPS) is 12.8. The second-order valence-electron chi connectivity index (χ2n) is 29.0. The molecule has 16 nitrogen and oxygen atoms in total. The molecule has 0 unspecified atom stereocenters. The van der Waals surface area contributed by atoms with Crippen molar-refractivity contribution in [1.29, 1.82) is 0 Å². The Labute approximate surface area is 671 Å². The highest BCUT2D eigenvalue weighted by Crippen LogP contribution is 2.38. The fourth-order valence-electron chi connectivity index (χ4n) is 14.0. The largest absolute Gasteiger partial charge is 0.573 e. The maximum atomic E-state index is 12.2. The Kier molecular flexibility index (Phi) is 25.8. The van der Waals surface area contributed by atoms with Gasteiger partial charge in [0.05, 0.1) is 35.6 Å². The van der Waals surface area contributed by atoms with Crippen LogP contribution in [-0.4, -0.2) is 80.8 Å². The van der Waals surface area contributed by atoms with Gasteiger partial charge in [0.1, 0.15) is 62.1 Å². The van der Waals surface area contributed by atoms with Crippen molar-refractivity contribution in [3.8, 4) is 57.5 Å². The van der Waals surface area contributed by atoms with Gasteiger partial charge in [0.15, 0.2) is 23.0 Å². The minimum absolute atomic E-state index is 0.106. The van der Waals surface area contributed by atoms with Gasteiger partial charge in [0.25, 0.3) is 0 Å². The summed E-state index contributed by atoms with van der Waals surface area (Å²) in [5.74, 6) is 3.66. The number of pyridine rings is 6. The number of alkyl halides is 3. The topological polar surface area (TPSA) is 236 Å². The van der Waals surface area contributed by atoms with Gasteiger partial charge in [-0.3, -0.25) is 4.98 Å². The van der Waals surface area contributed by atoms with Crippen LogP contribution in [0.25, 0.3) is 109 Å². The van der Waals surface area contributed by atoms with E-state index in [0.29, 0.717) is 50.7 Å². The highest BCUT2D eigenvalue weighted by Gasteiger charge is 2.31. The summed E-state index contributed by atoms with van der Waals surface area (Å²) >= 11 is 0. The van der Waals surface area contributed by atoms with Crippen molar-refractivity contribution in [1.82, 2.24) is 29.9 Å². The number of ether oxygens (including phenoxy) is 4. The maximum absolute atomic E-state index is 12.2. The third-order valence-corrected chi connectivity index (χ3v) is 20.2. The molecule has 0 atom stereocenters. The molecule has 19 heteroatoms. The first kappa shape index (κ1) is 81.9. The third kappa shape index (κ3) is 20.3. The van der Waals surface area contributed by atoms with Crippen molar-refractivity contribution in [3.63, 3.8) is 0 Å². The molecule has 14 aromatic rings. The number of methoxy groups -OCH3 is 1. The van der Waals surface area contributed by atoms with Crippen molar-refractivity contribution >= 4 is 109 Å². The van der Waals surface area contributed by atoms with Gasteiger partial charge in [0.2, 0.25) is 6.79 Å². The number of nitrogens with zero attached hydrogens (tertiary/aromatic N) is 6. The molecule has 0 saturated heterocycles. The molecule has 116 heavy (non-hydrogen) atoms. The van der Waals surface area contributed by atoms with Crippen LogP contribution in [0.5, 0.6) is 57.5 Å². The number of fused-ring (bicyclic) bond motifs is 6. The predicted octanol–water partition coefficient (Wildman–Crippen LogP) is 23.8.